The second-order valence-electron chi connectivity index (χ2n) is 3.40. The Morgan fingerprint density at radius 2 is 2.38 bits per heavy atom. The Morgan fingerprint density at radius 3 is 2.77 bits per heavy atom. The second-order valence-corrected chi connectivity index (χ2v) is 4.35. The molecule has 0 radical (unpaired) electrons. The van der Waals surface area contributed by atoms with Crippen molar-refractivity contribution in [1.29, 1.82) is 0 Å². The number of aliphatic hydroxyl groups is 1. The maximum Gasteiger partial charge on any atom is 0.118 e. The smallest absolute Gasteiger partial charge is 0.118 e. The van der Waals surface area contributed by atoms with Gasteiger partial charge in [0.25, 0.3) is 0 Å². The molecule has 1 heterocycles. The van der Waals surface area contributed by atoms with Gasteiger partial charge in [-0.2, -0.15) is 0 Å². The lowest BCUT2D eigenvalue weighted by molar-refractivity contribution is 0.280. The number of thiazole rings is 1. The summed E-state index contributed by atoms with van der Waals surface area (Å²) in [6.45, 7) is 4.82. The lowest BCUT2D eigenvalue weighted by Gasteiger charge is -2.23. The van der Waals surface area contributed by atoms with Crippen molar-refractivity contribution in [1.82, 2.24) is 4.98 Å². The van der Waals surface area contributed by atoms with Crippen molar-refractivity contribution in [2.75, 3.05) is 6.54 Å². The summed E-state index contributed by atoms with van der Waals surface area (Å²) in [6, 6.07) is 0. The summed E-state index contributed by atoms with van der Waals surface area (Å²) in [5.74, 6) is 0. The zero-order valence-corrected chi connectivity index (χ0v) is 8.90. The van der Waals surface area contributed by atoms with Crippen molar-refractivity contribution in [2.24, 2.45) is 5.73 Å². The Kier molecular flexibility index (Phi) is 3.41. The number of hydrogen-bond acceptors (Lipinski definition) is 4. The van der Waals surface area contributed by atoms with Crippen LogP contribution in [0.3, 0.4) is 0 Å². The zero-order valence-electron chi connectivity index (χ0n) is 8.08. The monoisotopic (exact) mass is 200 g/mol. The van der Waals surface area contributed by atoms with Crippen LogP contribution in [-0.4, -0.2) is 16.6 Å². The highest BCUT2D eigenvalue weighted by atomic mass is 32.1. The van der Waals surface area contributed by atoms with Crippen LogP contribution in [0.4, 0.5) is 0 Å². The Labute approximate surface area is 82.6 Å². The summed E-state index contributed by atoms with van der Waals surface area (Å²) in [7, 11) is 0. The predicted molar refractivity (Wildman–Crippen MR) is 54.7 cm³/mol. The Balaban J connectivity index is 2.91. The fourth-order valence-corrected chi connectivity index (χ4v) is 1.90. The van der Waals surface area contributed by atoms with Crippen LogP contribution >= 0.6 is 11.3 Å². The van der Waals surface area contributed by atoms with Gasteiger partial charge in [0.1, 0.15) is 5.01 Å². The quantitative estimate of drug-likeness (QED) is 0.769. The first-order chi connectivity index (χ1) is 6.16. The molecule has 0 amide bonds. The maximum atomic E-state index is 8.88. The molecule has 74 valence electrons. The molecule has 1 aromatic heterocycles. The number of aromatic nitrogens is 1. The normalized spacial score (nSPS) is 15.7. The van der Waals surface area contributed by atoms with E-state index in [1.165, 1.54) is 11.3 Å². The van der Waals surface area contributed by atoms with Crippen LogP contribution < -0.4 is 5.73 Å². The van der Waals surface area contributed by atoms with Crippen molar-refractivity contribution in [3.63, 3.8) is 0 Å². The molecule has 0 aromatic carbocycles. The van der Waals surface area contributed by atoms with E-state index in [2.05, 4.69) is 18.8 Å². The van der Waals surface area contributed by atoms with E-state index in [4.69, 9.17) is 10.8 Å². The summed E-state index contributed by atoms with van der Waals surface area (Å²) in [5.41, 5.74) is 6.67. The molecule has 0 aliphatic heterocycles. The number of nitrogens with two attached hydrogens (primary N) is 1. The fourth-order valence-electron chi connectivity index (χ4n) is 1.09. The van der Waals surface area contributed by atoms with E-state index in [1.54, 1.807) is 0 Å². The molecule has 0 aliphatic carbocycles. The highest BCUT2D eigenvalue weighted by Crippen LogP contribution is 2.27. The molecule has 3 N–H and O–H groups in total. The topological polar surface area (TPSA) is 59.1 Å². The molecule has 0 spiro atoms. The molecule has 13 heavy (non-hydrogen) atoms. The van der Waals surface area contributed by atoms with E-state index in [0.717, 1.165) is 17.1 Å². The molecule has 4 heteroatoms. The third-order valence-electron chi connectivity index (χ3n) is 2.54. The summed E-state index contributed by atoms with van der Waals surface area (Å²) in [6.07, 6.45) is 0.970. The van der Waals surface area contributed by atoms with Gasteiger partial charge in [-0.1, -0.05) is 13.8 Å². The minimum atomic E-state index is -0.0378. The molecule has 0 saturated heterocycles. The predicted octanol–water partition coefficient (Wildman–Crippen LogP) is 1.26. The van der Waals surface area contributed by atoms with E-state index in [1.807, 2.05) is 5.38 Å². The van der Waals surface area contributed by atoms with E-state index in [0.29, 0.717) is 6.54 Å². The van der Waals surface area contributed by atoms with E-state index >= 15 is 0 Å². The number of hydrogen-bond donors (Lipinski definition) is 2. The van der Waals surface area contributed by atoms with Crippen molar-refractivity contribution in [2.45, 2.75) is 32.3 Å². The van der Waals surface area contributed by atoms with Gasteiger partial charge in [0.2, 0.25) is 0 Å². The molecule has 3 nitrogen and oxygen atoms in total. The molecule has 1 aromatic rings. The Hall–Kier alpha value is -0.450. The molecule has 1 rings (SSSR count). The van der Waals surface area contributed by atoms with Crippen LogP contribution in [-0.2, 0) is 12.0 Å². The van der Waals surface area contributed by atoms with Crippen LogP contribution in [0.1, 0.15) is 31.0 Å². The summed E-state index contributed by atoms with van der Waals surface area (Å²) in [4.78, 5) is 4.33. The van der Waals surface area contributed by atoms with Crippen molar-refractivity contribution in [3.8, 4) is 0 Å². The fraction of sp³-hybridized carbons (Fsp3) is 0.667. The van der Waals surface area contributed by atoms with Gasteiger partial charge in [0.15, 0.2) is 0 Å². The Morgan fingerprint density at radius 1 is 1.69 bits per heavy atom. The summed E-state index contributed by atoms with van der Waals surface area (Å²) in [5, 5.41) is 11.6. The lowest BCUT2D eigenvalue weighted by atomic mass is 9.85. The third-order valence-corrected chi connectivity index (χ3v) is 3.37. The molecule has 0 saturated carbocycles. The van der Waals surface area contributed by atoms with Gasteiger partial charge < -0.3 is 10.8 Å². The minimum Gasteiger partial charge on any atom is -0.389 e. The molecule has 0 aliphatic rings. The highest BCUT2D eigenvalue weighted by molar-refractivity contribution is 7.09. The minimum absolute atomic E-state index is 0.0228. The maximum absolute atomic E-state index is 8.88. The molecule has 1 atom stereocenters. The largest absolute Gasteiger partial charge is 0.389 e. The zero-order chi connectivity index (χ0) is 9.90. The van der Waals surface area contributed by atoms with Crippen LogP contribution in [0.25, 0.3) is 0 Å². The first-order valence-electron chi connectivity index (χ1n) is 4.42. The van der Waals surface area contributed by atoms with Crippen LogP contribution in [0.2, 0.25) is 0 Å². The van der Waals surface area contributed by atoms with Gasteiger partial charge >= 0.3 is 0 Å². The average Bonchev–Trinajstić information content (AvgIpc) is 2.65. The highest BCUT2D eigenvalue weighted by Gasteiger charge is 2.25. The van der Waals surface area contributed by atoms with Crippen LogP contribution in [0, 0.1) is 0 Å². The van der Waals surface area contributed by atoms with E-state index < -0.39 is 0 Å². The van der Waals surface area contributed by atoms with Gasteiger partial charge in [0.05, 0.1) is 12.3 Å². The lowest BCUT2D eigenvalue weighted by Crippen LogP contribution is -2.31. The molecule has 1 unspecified atom stereocenters. The van der Waals surface area contributed by atoms with Crippen molar-refractivity contribution in [3.05, 3.63) is 16.1 Å². The molecule has 0 fully saturated rings. The summed E-state index contributed by atoms with van der Waals surface area (Å²) < 4.78 is 0. The molecular weight excluding hydrogens is 184 g/mol. The van der Waals surface area contributed by atoms with Gasteiger partial charge in [-0.25, -0.2) is 4.98 Å². The Bertz CT molecular complexity index is 268. The van der Waals surface area contributed by atoms with Gasteiger partial charge in [-0.3, -0.25) is 0 Å². The summed E-state index contributed by atoms with van der Waals surface area (Å²) >= 11 is 1.49. The first-order valence-corrected chi connectivity index (χ1v) is 5.30. The van der Waals surface area contributed by atoms with E-state index in [-0.39, 0.29) is 12.0 Å². The van der Waals surface area contributed by atoms with Crippen LogP contribution in [0.5, 0.6) is 0 Å². The SMILES string of the molecule is CCC(C)(CN)c1csc(CO)n1. The average molecular weight is 200 g/mol. The van der Waals surface area contributed by atoms with Crippen LogP contribution in [0.15, 0.2) is 5.38 Å². The second kappa shape index (κ2) is 4.17. The molecule has 0 bridgehead atoms. The standard InChI is InChI=1S/C9H16N2OS/c1-3-9(2,6-10)7-5-13-8(4-12)11-7/h5,12H,3-4,6,10H2,1-2H3. The van der Waals surface area contributed by atoms with Gasteiger partial charge in [-0.05, 0) is 6.42 Å². The first kappa shape index (κ1) is 10.6. The third kappa shape index (κ3) is 2.07. The van der Waals surface area contributed by atoms with Crippen molar-refractivity contribution < 1.29 is 5.11 Å². The van der Waals surface area contributed by atoms with E-state index in [9.17, 15) is 0 Å². The van der Waals surface area contributed by atoms with Gasteiger partial charge in [0, 0.05) is 17.3 Å². The number of rotatable bonds is 4. The number of aliphatic hydroxyl groups excluding tert-OH is 1. The number of nitrogens with zero attached hydrogens (tertiary/aromatic N) is 1. The van der Waals surface area contributed by atoms with Gasteiger partial charge in [-0.15, -0.1) is 11.3 Å². The van der Waals surface area contributed by atoms with Crippen molar-refractivity contribution >= 4 is 11.3 Å². The molecular formula is C9H16N2OS.